The summed E-state index contributed by atoms with van der Waals surface area (Å²) in [4.78, 5) is 4.23. The molecular weight excluding hydrogens is 216 g/mol. The van der Waals surface area contributed by atoms with Crippen molar-refractivity contribution >= 4 is 11.3 Å². The summed E-state index contributed by atoms with van der Waals surface area (Å²) >= 11 is 1.94. The first-order valence-electron chi connectivity index (χ1n) is 6.38. The van der Waals surface area contributed by atoms with E-state index < -0.39 is 0 Å². The molecule has 88 valence electrons. The molecule has 1 saturated heterocycles. The van der Waals surface area contributed by atoms with E-state index in [1.54, 1.807) is 10.4 Å². The van der Waals surface area contributed by atoms with Gasteiger partial charge in [-0.15, -0.1) is 11.3 Å². The highest BCUT2D eigenvalue weighted by Gasteiger charge is 2.42. The topological polar surface area (TPSA) is 15.3 Å². The van der Waals surface area contributed by atoms with Gasteiger partial charge in [-0.25, -0.2) is 0 Å². The van der Waals surface area contributed by atoms with Gasteiger partial charge < -0.3 is 10.2 Å². The summed E-state index contributed by atoms with van der Waals surface area (Å²) in [6.07, 6.45) is 3.78. The highest BCUT2D eigenvalue weighted by atomic mass is 32.1. The van der Waals surface area contributed by atoms with Crippen LogP contribution in [0.2, 0.25) is 0 Å². The molecule has 0 saturated carbocycles. The molecule has 2 aliphatic rings. The minimum atomic E-state index is 0.294. The number of thiophene rings is 1. The average molecular weight is 236 g/mol. The summed E-state index contributed by atoms with van der Waals surface area (Å²) in [6, 6.07) is 2.35. The first-order valence-corrected chi connectivity index (χ1v) is 7.26. The molecule has 0 aromatic carbocycles. The van der Waals surface area contributed by atoms with Crippen LogP contribution in [0.5, 0.6) is 0 Å². The van der Waals surface area contributed by atoms with Crippen LogP contribution in [0.1, 0.15) is 30.2 Å². The zero-order valence-electron chi connectivity index (χ0n) is 9.96. The number of nitrogens with one attached hydrogen (secondary N) is 1. The smallest absolute Gasteiger partial charge is 0.0586 e. The predicted octanol–water partition coefficient (Wildman–Crippen LogP) is 2.20. The molecule has 16 heavy (non-hydrogen) atoms. The molecule has 3 heteroatoms. The minimum absolute atomic E-state index is 0.294. The lowest BCUT2D eigenvalue weighted by atomic mass is 9.86. The first-order chi connectivity index (χ1) is 7.84. The van der Waals surface area contributed by atoms with Crippen molar-refractivity contribution in [2.75, 3.05) is 26.2 Å². The molecule has 1 aromatic rings. The Morgan fingerprint density at radius 2 is 2.50 bits per heavy atom. The Hall–Kier alpha value is -0.380. The number of rotatable bonds is 2. The van der Waals surface area contributed by atoms with Gasteiger partial charge in [-0.1, -0.05) is 6.92 Å². The molecule has 3 heterocycles. The summed E-state index contributed by atoms with van der Waals surface area (Å²) in [5.74, 6) is 0. The molecule has 1 atom stereocenters. The van der Waals surface area contributed by atoms with Crippen molar-refractivity contribution < 1.29 is 0 Å². The van der Waals surface area contributed by atoms with E-state index in [2.05, 4.69) is 28.6 Å². The monoisotopic (exact) mass is 236 g/mol. The third kappa shape index (κ3) is 1.62. The van der Waals surface area contributed by atoms with Crippen molar-refractivity contribution in [2.24, 2.45) is 0 Å². The first kappa shape index (κ1) is 10.8. The highest BCUT2D eigenvalue weighted by Crippen LogP contribution is 2.38. The summed E-state index contributed by atoms with van der Waals surface area (Å²) in [7, 11) is 0. The Morgan fingerprint density at radius 3 is 3.38 bits per heavy atom. The molecule has 1 unspecified atom stereocenters. The zero-order valence-corrected chi connectivity index (χ0v) is 10.8. The number of likely N-dealkylation sites (tertiary alicyclic amines) is 1. The quantitative estimate of drug-likeness (QED) is 0.847. The van der Waals surface area contributed by atoms with Gasteiger partial charge in [-0.05, 0) is 42.8 Å². The Labute approximate surface area is 102 Å². The summed E-state index contributed by atoms with van der Waals surface area (Å²) in [5, 5.41) is 6.06. The van der Waals surface area contributed by atoms with Crippen LogP contribution in [0.4, 0.5) is 0 Å². The summed E-state index contributed by atoms with van der Waals surface area (Å²) < 4.78 is 0. The van der Waals surface area contributed by atoms with Crippen LogP contribution in [0, 0.1) is 0 Å². The van der Waals surface area contributed by atoms with Crippen LogP contribution in [0.3, 0.4) is 0 Å². The van der Waals surface area contributed by atoms with Crippen molar-refractivity contribution in [3.8, 4) is 0 Å². The van der Waals surface area contributed by atoms with Gasteiger partial charge in [0.25, 0.3) is 0 Å². The van der Waals surface area contributed by atoms with E-state index in [9.17, 15) is 0 Å². The van der Waals surface area contributed by atoms with Gasteiger partial charge in [-0.2, -0.15) is 0 Å². The lowest BCUT2D eigenvalue weighted by molar-refractivity contribution is 0.276. The highest BCUT2D eigenvalue weighted by molar-refractivity contribution is 7.10. The van der Waals surface area contributed by atoms with E-state index in [1.807, 2.05) is 11.3 Å². The molecule has 0 aliphatic carbocycles. The summed E-state index contributed by atoms with van der Waals surface area (Å²) in [6.45, 7) is 7.16. The number of hydrogen-bond donors (Lipinski definition) is 1. The van der Waals surface area contributed by atoms with Crippen LogP contribution in [0.25, 0.3) is 0 Å². The molecule has 0 bridgehead atoms. The predicted molar refractivity (Wildman–Crippen MR) is 69.1 cm³/mol. The molecule has 0 amide bonds. The van der Waals surface area contributed by atoms with Crippen LogP contribution >= 0.6 is 11.3 Å². The van der Waals surface area contributed by atoms with Gasteiger partial charge >= 0.3 is 0 Å². The van der Waals surface area contributed by atoms with Gasteiger partial charge in [0.1, 0.15) is 0 Å². The third-order valence-corrected chi connectivity index (χ3v) is 4.95. The molecule has 2 aliphatic heterocycles. The zero-order chi connectivity index (χ0) is 11.0. The van der Waals surface area contributed by atoms with Gasteiger partial charge in [0.15, 0.2) is 0 Å². The standard InChI is InChI=1S/C13H20N2S/c1-2-7-15-8-5-13(10-15)11-4-9-16-12(11)3-6-14-13/h4,9,14H,2-3,5-8,10H2,1H3. The number of fused-ring (bicyclic) bond motifs is 2. The van der Waals surface area contributed by atoms with Gasteiger partial charge in [0, 0.05) is 24.5 Å². The van der Waals surface area contributed by atoms with Gasteiger partial charge in [-0.3, -0.25) is 0 Å². The Balaban J connectivity index is 1.86. The van der Waals surface area contributed by atoms with E-state index in [-0.39, 0.29) is 0 Å². The molecule has 1 spiro atoms. The van der Waals surface area contributed by atoms with E-state index in [1.165, 1.54) is 38.9 Å². The molecule has 0 radical (unpaired) electrons. The Morgan fingerprint density at radius 1 is 1.56 bits per heavy atom. The number of hydrogen-bond acceptors (Lipinski definition) is 3. The molecular formula is C13H20N2S. The van der Waals surface area contributed by atoms with Crippen LogP contribution in [0.15, 0.2) is 11.4 Å². The molecule has 1 N–H and O–H groups in total. The molecule has 3 rings (SSSR count). The van der Waals surface area contributed by atoms with Crippen LogP contribution in [-0.4, -0.2) is 31.1 Å². The lowest BCUT2D eigenvalue weighted by Gasteiger charge is -2.35. The van der Waals surface area contributed by atoms with Gasteiger partial charge in [0.2, 0.25) is 0 Å². The Kier molecular flexibility index (Phi) is 2.78. The maximum atomic E-state index is 3.79. The van der Waals surface area contributed by atoms with Crippen molar-refractivity contribution in [2.45, 2.75) is 31.7 Å². The van der Waals surface area contributed by atoms with Crippen molar-refractivity contribution in [3.05, 3.63) is 21.9 Å². The van der Waals surface area contributed by atoms with Crippen LogP contribution < -0.4 is 5.32 Å². The second kappa shape index (κ2) is 4.13. The van der Waals surface area contributed by atoms with Crippen molar-refractivity contribution in [3.63, 3.8) is 0 Å². The second-order valence-corrected chi connectivity index (χ2v) is 6.04. The Bertz CT molecular complexity index is 374. The maximum Gasteiger partial charge on any atom is 0.0586 e. The summed E-state index contributed by atoms with van der Waals surface area (Å²) in [5.41, 5.74) is 1.89. The normalized spacial score (nSPS) is 29.8. The van der Waals surface area contributed by atoms with Gasteiger partial charge in [0.05, 0.1) is 5.54 Å². The third-order valence-electron chi connectivity index (χ3n) is 3.96. The molecule has 2 nitrogen and oxygen atoms in total. The SMILES string of the molecule is CCCN1CCC2(C1)NCCc1sccc12. The van der Waals surface area contributed by atoms with E-state index in [0.717, 1.165) is 6.54 Å². The fraction of sp³-hybridized carbons (Fsp3) is 0.692. The van der Waals surface area contributed by atoms with Crippen molar-refractivity contribution in [1.29, 1.82) is 0 Å². The fourth-order valence-electron chi connectivity index (χ4n) is 3.23. The van der Waals surface area contributed by atoms with Crippen LogP contribution in [-0.2, 0) is 12.0 Å². The van der Waals surface area contributed by atoms with E-state index in [0.29, 0.717) is 5.54 Å². The number of nitrogens with zero attached hydrogens (tertiary/aromatic N) is 1. The minimum Gasteiger partial charge on any atom is -0.306 e. The molecule has 1 fully saturated rings. The maximum absolute atomic E-state index is 3.79. The lowest BCUT2D eigenvalue weighted by Crippen LogP contribution is -2.48. The fourth-order valence-corrected chi connectivity index (χ4v) is 4.21. The van der Waals surface area contributed by atoms with E-state index in [4.69, 9.17) is 0 Å². The van der Waals surface area contributed by atoms with E-state index >= 15 is 0 Å². The molecule has 1 aromatic heterocycles. The second-order valence-electron chi connectivity index (χ2n) is 5.04. The largest absolute Gasteiger partial charge is 0.306 e. The van der Waals surface area contributed by atoms with Crippen molar-refractivity contribution in [1.82, 2.24) is 10.2 Å². The average Bonchev–Trinajstić information content (AvgIpc) is 2.88.